The first-order chi connectivity index (χ1) is 20.3. The van der Waals surface area contributed by atoms with Crippen LogP contribution in [0.25, 0.3) is 0 Å². The van der Waals surface area contributed by atoms with Crippen molar-refractivity contribution in [1.29, 1.82) is 0 Å². The summed E-state index contributed by atoms with van der Waals surface area (Å²) in [6, 6.07) is 6.50. The molecule has 1 spiro atoms. The number of amides is 5. The normalized spacial score (nSPS) is 23.6. The van der Waals surface area contributed by atoms with Crippen LogP contribution in [0.15, 0.2) is 30.5 Å². The van der Waals surface area contributed by atoms with E-state index < -0.39 is 11.6 Å². The SMILES string of the molecule is CCn1nccc1C(=O)N[C@H](C(=O)Nc1ccc2c(c1)CC(C(=O)NC)(N1CC3(CC3)CNC1=O)C2)C1CCCCC1. The molecule has 11 nitrogen and oxygen atoms in total. The van der Waals surface area contributed by atoms with E-state index in [1.807, 2.05) is 25.1 Å². The number of rotatable bonds is 8. The number of fused-ring (bicyclic) bond motifs is 1. The molecule has 42 heavy (non-hydrogen) atoms. The summed E-state index contributed by atoms with van der Waals surface area (Å²) < 4.78 is 1.62. The number of carbonyl (C=O) groups excluding carboxylic acids is 4. The fourth-order valence-corrected chi connectivity index (χ4v) is 7.20. The molecule has 3 fully saturated rings. The van der Waals surface area contributed by atoms with Gasteiger partial charge in [0.05, 0.1) is 0 Å². The molecular weight excluding hydrogens is 534 g/mol. The quantitative estimate of drug-likeness (QED) is 0.384. The molecule has 1 aromatic heterocycles. The van der Waals surface area contributed by atoms with Crippen LogP contribution in [0.3, 0.4) is 0 Å². The van der Waals surface area contributed by atoms with Crippen molar-refractivity contribution in [2.24, 2.45) is 11.3 Å². The lowest BCUT2D eigenvalue weighted by atomic mass is 9.83. The minimum absolute atomic E-state index is 0.0448. The molecule has 3 aliphatic carbocycles. The Kier molecular flexibility index (Phi) is 7.44. The second kappa shape index (κ2) is 11.1. The fraction of sp³-hybridized carbons (Fsp3) is 0.581. The first-order valence-corrected chi connectivity index (χ1v) is 15.3. The van der Waals surface area contributed by atoms with Gasteiger partial charge < -0.3 is 26.2 Å². The highest BCUT2D eigenvalue weighted by Crippen LogP contribution is 2.49. The number of nitrogens with one attached hydrogen (secondary N) is 4. The Bertz CT molecular complexity index is 1390. The molecule has 2 atom stereocenters. The Labute approximate surface area is 246 Å². The summed E-state index contributed by atoms with van der Waals surface area (Å²) >= 11 is 0. The maximum atomic E-state index is 13.7. The zero-order chi connectivity index (χ0) is 29.5. The summed E-state index contributed by atoms with van der Waals surface area (Å²) in [7, 11) is 1.61. The zero-order valence-corrected chi connectivity index (χ0v) is 24.5. The standard InChI is InChI=1S/C31H41N7O4/c1-3-38-24(11-14-34-38)26(39)36-25(20-7-5-4-6-8-20)27(40)35-23-10-9-21-16-31(28(41)32-2,17-22(21)15-23)37-19-30(12-13-30)18-33-29(37)42/h9-11,14-15,20,25H,3-8,12-13,16-19H2,1-2H3,(H,32,41)(H,33,42)(H,35,40)(H,36,39)/t25-,31?/m0/s1. The van der Waals surface area contributed by atoms with Gasteiger partial charge in [-0.05, 0) is 67.9 Å². The first kappa shape index (κ1) is 28.2. The van der Waals surface area contributed by atoms with Crippen molar-refractivity contribution in [1.82, 2.24) is 30.6 Å². The minimum Gasteiger partial charge on any atom is -0.357 e. The largest absolute Gasteiger partial charge is 0.357 e. The van der Waals surface area contributed by atoms with Crippen LogP contribution < -0.4 is 21.3 Å². The predicted octanol–water partition coefficient (Wildman–Crippen LogP) is 2.61. The van der Waals surface area contributed by atoms with Gasteiger partial charge in [-0.15, -0.1) is 0 Å². The van der Waals surface area contributed by atoms with E-state index in [1.165, 1.54) is 0 Å². The second-order valence-electron chi connectivity index (χ2n) is 12.6. The number of urea groups is 1. The van der Waals surface area contributed by atoms with E-state index in [9.17, 15) is 19.2 Å². The van der Waals surface area contributed by atoms with Crippen molar-refractivity contribution in [2.45, 2.75) is 82.8 Å². The third-order valence-electron chi connectivity index (χ3n) is 9.86. The molecule has 4 aliphatic rings. The summed E-state index contributed by atoms with van der Waals surface area (Å²) in [6.45, 7) is 3.71. The van der Waals surface area contributed by atoms with Crippen molar-refractivity contribution in [3.05, 3.63) is 47.3 Å². The molecule has 224 valence electrons. The number of hydrogen-bond donors (Lipinski definition) is 4. The zero-order valence-electron chi connectivity index (χ0n) is 24.5. The molecular formula is C31H41N7O4. The maximum absolute atomic E-state index is 13.7. The molecule has 5 amide bonds. The molecule has 2 saturated carbocycles. The van der Waals surface area contributed by atoms with E-state index in [-0.39, 0.29) is 35.1 Å². The number of anilines is 1. The fourth-order valence-electron chi connectivity index (χ4n) is 7.20. The lowest BCUT2D eigenvalue weighted by Crippen LogP contribution is -2.67. The Balaban J connectivity index is 1.22. The number of carbonyl (C=O) groups is 4. The first-order valence-electron chi connectivity index (χ1n) is 15.3. The highest BCUT2D eigenvalue weighted by Gasteiger charge is 2.57. The van der Waals surface area contributed by atoms with Crippen molar-refractivity contribution in [3.63, 3.8) is 0 Å². The van der Waals surface area contributed by atoms with E-state index in [4.69, 9.17) is 0 Å². The Morgan fingerprint density at radius 3 is 2.57 bits per heavy atom. The van der Waals surface area contributed by atoms with Gasteiger partial charge in [-0.25, -0.2) is 4.79 Å². The Hall–Kier alpha value is -3.89. The molecule has 11 heteroatoms. The lowest BCUT2D eigenvalue weighted by Gasteiger charge is -2.44. The molecule has 4 N–H and O–H groups in total. The monoisotopic (exact) mass is 575 g/mol. The van der Waals surface area contributed by atoms with Crippen LogP contribution >= 0.6 is 0 Å². The molecule has 6 rings (SSSR count). The van der Waals surface area contributed by atoms with Crippen LogP contribution in [0.4, 0.5) is 10.5 Å². The molecule has 1 unspecified atom stereocenters. The van der Waals surface area contributed by atoms with Gasteiger partial charge in [0.2, 0.25) is 11.8 Å². The average molecular weight is 576 g/mol. The van der Waals surface area contributed by atoms with Crippen molar-refractivity contribution in [2.75, 3.05) is 25.5 Å². The molecule has 0 bridgehead atoms. The van der Waals surface area contributed by atoms with E-state index in [1.54, 1.807) is 28.9 Å². The van der Waals surface area contributed by atoms with Crippen LogP contribution in [0, 0.1) is 11.3 Å². The molecule has 1 aromatic carbocycles. The second-order valence-corrected chi connectivity index (χ2v) is 12.6. The number of likely N-dealkylation sites (N-methyl/N-ethyl adjacent to an activating group) is 1. The van der Waals surface area contributed by atoms with Gasteiger partial charge in [-0.1, -0.05) is 25.3 Å². The van der Waals surface area contributed by atoms with Gasteiger partial charge >= 0.3 is 6.03 Å². The molecule has 2 heterocycles. The molecule has 1 saturated heterocycles. The third-order valence-corrected chi connectivity index (χ3v) is 9.86. The third kappa shape index (κ3) is 5.13. The summed E-state index contributed by atoms with van der Waals surface area (Å²) in [5.74, 6) is -0.691. The maximum Gasteiger partial charge on any atom is 0.318 e. The summed E-state index contributed by atoms with van der Waals surface area (Å²) in [5, 5.41) is 16.1. The Morgan fingerprint density at radius 1 is 1.10 bits per heavy atom. The van der Waals surface area contributed by atoms with Crippen LogP contribution in [-0.4, -0.2) is 70.2 Å². The number of aryl methyl sites for hydroxylation is 1. The van der Waals surface area contributed by atoms with Gasteiger partial charge in [-0.3, -0.25) is 19.1 Å². The van der Waals surface area contributed by atoms with Crippen molar-refractivity contribution < 1.29 is 19.2 Å². The van der Waals surface area contributed by atoms with Gasteiger partial charge in [0.1, 0.15) is 17.3 Å². The van der Waals surface area contributed by atoms with Crippen molar-refractivity contribution in [3.8, 4) is 0 Å². The van der Waals surface area contributed by atoms with Crippen LogP contribution in [-0.2, 0) is 29.0 Å². The number of aromatic nitrogens is 2. The summed E-state index contributed by atoms with van der Waals surface area (Å²) in [6.07, 6.45) is 9.45. The van der Waals surface area contributed by atoms with Gasteiger partial charge in [-0.2, -0.15) is 5.10 Å². The van der Waals surface area contributed by atoms with E-state index in [0.29, 0.717) is 43.9 Å². The molecule has 2 aromatic rings. The highest BCUT2D eigenvalue weighted by atomic mass is 16.2. The van der Waals surface area contributed by atoms with Crippen molar-refractivity contribution >= 4 is 29.4 Å². The van der Waals surface area contributed by atoms with E-state index in [0.717, 1.165) is 56.1 Å². The Morgan fingerprint density at radius 2 is 1.86 bits per heavy atom. The van der Waals surface area contributed by atoms with E-state index in [2.05, 4.69) is 26.4 Å². The highest BCUT2D eigenvalue weighted by molar-refractivity contribution is 6.01. The number of benzene rings is 1. The average Bonchev–Trinajstić information content (AvgIpc) is 3.40. The van der Waals surface area contributed by atoms with E-state index >= 15 is 0 Å². The summed E-state index contributed by atoms with van der Waals surface area (Å²) in [5.41, 5.74) is 2.02. The lowest BCUT2D eigenvalue weighted by molar-refractivity contribution is -0.131. The number of nitrogens with zero attached hydrogens (tertiary/aromatic N) is 3. The summed E-state index contributed by atoms with van der Waals surface area (Å²) in [4.78, 5) is 55.2. The van der Waals surface area contributed by atoms with Crippen LogP contribution in [0.5, 0.6) is 0 Å². The van der Waals surface area contributed by atoms with Crippen LogP contribution in [0.1, 0.15) is 73.5 Å². The molecule has 0 radical (unpaired) electrons. The molecule has 1 aliphatic heterocycles. The van der Waals surface area contributed by atoms with Crippen LogP contribution in [0.2, 0.25) is 0 Å². The topological polar surface area (TPSA) is 137 Å². The smallest absolute Gasteiger partial charge is 0.318 e. The minimum atomic E-state index is -1.01. The van der Waals surface area contributed by atoms with Gasteiger partial charge in [0.15, 0.2) is 0 Å². The van der Waals surface area contributed by atoms with Gasteiger partial charge in [0, 0.05) is 56.8 Å². The van der Waals surface area contributed by atoms with Gasteiger partial charge in [0.25, 0.3) is 5.91 Å². The number of hydrogen-bond acceptors (Lipinski definition) is 5. The predicted molar refractivity (Wildman–Crippen MR) is 157 cm³/mol.